The quantitative estimate of drug-likeness (QED) is 0.832. The molecule has 2 aromatic carbocycles. The molecule has 1 fully saturated rings. The third kappa shape index (κ3) is 5.04. The molecule has 1 unspecified atom stereocenters. The molecule has 1 heterocycles. The summed E-state index contributed by atoms with van der Waals surface area (Å²) in [4.78, 5) is 14.5. The van der Waals surface area contributed by atoms with E-state index in [1.165, 1.54) is 5.56 Å². The highest BCUT2D eigenvalue weighted by Crippen LogP contribution is 2.25. The summed E-state index contributed by atoms with van der Waals surface area (Å²) >= 11 is 0. The lowest BCUT2D eigenvalue weighted by Crippen LogP contribution is -2.53. The van der Waals surface area contributed by atoms with E-state index < -0.39 is 5.60 Å². The smallest absolute Gasteiger partial charge is 0.227 e. The molecule has 0 aliphatic carbocycles. The predicted octanol–water partition coefficient (Wildman–Crippen LogP) is 3.29. The molecule has 0 saturated carbocycles. The number of piperidine rings is 1. The van der Waals surface area contributed by atoms with E-state index in [9.17, 15) is 9.90 Å². The van der Waals surface area contributed by atoms with Crippen LogP contribution in [0.1, 0.15) is 29.5 Å². The fraction of sp³-hybridized carbons (Fsp3) is 0.435. The normalized spacial score (nSPS) is 19.4. The van der Waals surface area contributed by atoms with Crippen LogP contribution in [0.25, 0.3) is 0 Å². The standard InChI is InChI=1S/C23H29NO4/c1-17-8-9-21(12-18(17)2)28-16-23(26)10-5-11-24(15-23)22(25)14-19-6-4-7-20(13-19)27-3/h4,6-9,12-13,26H,5,10-11,14-16H2,1-3H3. The lowest BCUT2D eigenvalue weighted by Gasteiger charge is -2.39. The van der Waals surface area contributed by atoms with Gasteiger partial charge in [0.15, 0.2) is 0 Å². The van der Waals surface area contributed by atoms with Gasteiger partial charge in [-0.15, -0.1) is 0 Å². The summed E-state index contributed by atoms with van der Waals surface area (Å²) in [5.74, 6) is 1.50. The maximum absolute atomic E-state index is 12.7. The largest absolute Gasteiger partial charge is 0.497 e. The van der Waals surface area contributed by atoms with Gasteiger partial charge in [0.25, 0.3) is 0 Å². The zero-order valence-corrected chi connectivity index (χ0v) is 16.9. The Morgan fingerprint density at radius 1 is 1.14 bits per heavy atom. The maximum Gasteiger partial charge on any atom is 0.227 e. The zero-order valence-electron chi connectivity index (χ0n) is 16.9. The highest BCUT2D eigenvalue weighted by Gasteiger charge is 2.36. The van der Waals surface area contributed by atoms with Crippen molar-refractivity contribution in [3.63, 3.8) is 0 Å². The van der Waals surface area contributed by atoms with E-state index in [1.54, 1.807) is 12.0 Å². The van der Waals surface area contributed by atoms with Crippen LogP contribution in [-0.4, -0.2) is 48.3 Å². The first-order valence-electron chi connectivity index (χ1n) is 9.72. The molecular weight excluding hydrogens is 354 g/mol. The Morgan fingerprint density at radius 3 is 2.71 bits per heavy atom. The van der Waals surface area contributed by atoms with Gasteiger partial charge >= 0.3 is 0 Å². The number of carbonyl (C=O) groups excluding carboxylic acids is 1. The number of carbonyl (C=O) groups is 1. The average molecular weight is 383 g/mol. The Bertz CT molecular complexity index is 835. The minimum absolute atomic E-state index is 0.0116. The maximum atomic E-state index is 12.7. The monoisotopic (exact) mass is 383 g/mol. The Hall–Kier alpha value is -2.53. The number of amides is 1. The lowest BCUT2D eigenvalue weighted by atomic mass is 9.93. The summed E-state index contributed by atoms with van der Waals surface area (Å²) < 4.78 is 11.1. The molecule has 1 aliphatic heterocycles. The first-order valence-corrected chi connectivity index (χ1v) is 9.72. The molecule has 28 heavy (non-hydrogen) atoms. The molecule has 1 saturated heterocycles. The van der Waals surface area contributed by atoms with Crippen molar-refractivity contribution in [2.75, 3.05) is 26.8 Å². The minimum Gasteiger partial charge on any atom is -0.497 e. The molecule has 5 nitrogen and oxygen atoms in total. The van der Waals surface area contributed by atoms with Gasteiger partial charge in [-0.1, -0.05) is 18.2 Å². The van der Waals surface area contributed by atoms with Crippen LogP contribution in [0.15, 0.2) is 42.5 Å². The van der Waals surface area contributed by atoms with Gasteiger partial charge in [0, 0.05) is 6.54 Å². The highest BCUT2D eigenvalue weighted by molar-refractivity contribution is 5.79. The van der Waals surface area contributed by atoms with Crippen molar-refractivity contribution in [3.05, 3.63) is 59.2 Å². The van der Waals surface area contributed by atoms with Crippen LogP contribution >= 0.6 is 0 Å². The SMILES string of the molecule is COc1cccc(CC(=O)N2CCCC(O)(COc3ccc(C)c(C)c3)C2)c1. The predicted molar refractivity (Wildman–Crippen MR) is 109 cm³/mol. The summed E-state index contributed by atoms with van der Waals surface area (Å²) in [6, 6.07) is 13.4. The number of aliphatic hydroxyl groups is 1. The zero-order chi connectivity index (χ0) is 20.1. The van der Waals surface area contributed by atoms with E-state index in [4.69, 9.17) is 9.47 Å². The van der Waals surface area contributed by atoms with E-state index in [1.807, 2.05) is 49.4 Å². The van der Waals surface area contributed by atoms with Crippen LogP contribution in [0.5, 0.6) is 11.5 Å². The van der Waals surface area contributed by atoms with Gasteiger partial charge in [-0.3, -0.25) is 4.79 Å². The van der Waals surface area contributed by atoms with Crippen LogP contribution in [0.3, 0.4) is 0 Å². The number of nitrogens with zero attached hydrogens (tertiary/aromatic N) is 1. The molecule has 0 radical (unpaired) electrons. The van der Waals surface area contributed by atoms with Crippen LogP contribution < -0.4 is 9.47 Å². The van der Waals surface area contributed by atoms with Crippen LogP contribution in [0.4, 0.5) is 0 Å². The molecule has 1 aliphatic rings. The lowest BCUT2D eigenvalue weighted by molar-refractivity contribution is -0.139. The fourth-order valence-corrected chi connectivity index (χ4v) is 3.53. The van der Waals surface area contributed by atoms with Crippen molar-refractivity contribution in [2.24, 2.45) is 0 Å². The third-order valence-corrected chi connectivity index (χ3v) is 5.38. The number of hydrogen-bond donors (Lipinski definition) is 1. The number of hydrogen-bond acceptors (Lipinski definition) is 4. The van der Waals surface area contributed by atoms with Gasteiger partial charge in [0.1, 0.15) is 23.7 Å². The summed E-state index contributed by atoms with van der Waals surface area (Å²) in [6.07, 6.45) is 1.68. The van der Waals surface area contributed by atoms with Crippen molar-refractivity contribution < 1.29 is 19.4 Å². The van der Waals surface area contributed by atoms with Gasteiger partial charge < -0.3 is 19.5 Å². The fourth-order valence-electron chi connectivity index (χ4n) is 3.53. The van der Waals surface area contributed by atoms with Crippen molar-refractivity contribution in [1.29, 1.82) is 0 Å². The van der Waals surface area contributed by atoms with Crippen LogP contribution in [0.2, 0.25) is 0 Å². The topological polar surface area (TPSA) is 59.0 Å². The van der Waals surface area contributed by atoms with Crippen LogP contribution in [0, 0.1) is 13.8 Å². The van der Waals surface area contributed by atoms with Gasteiger partial charge in [-0.25, -0.2) is 0 Å². The number of β-amino-alcohol motifs (C(OH)–C–C–N with tert-alkyl or cyclic N) is 1. The van der Waals surface area contributed by atoms with Crippen molar-refractivity contribution in [3.8, 4) is 11.5 Å². The van der Waals surface area contributed by atoms with Gasteiger partial charge in [0.05, 0.1) is 20.1 Å². The van der Waals surface area contributed by atoms with Gasteiger partial charge in [0.2, 0.25) is 5.91 Å². The third-order valence-electron chi connectivity index (χ3n) is 5.38. The molecule has 1 amide bonds. The van der Waals surface area contributed by atoms with E-state index in [2.05, 4.69) is 6.92 Å². The summed E-state index contributed by atoms with van der Waals surface area (Å²) in [5, 5.41) is 11.0. The van der Waals surface area contributed by atoms with Crippen molar-refractivity contribution in [2.45, 2.75) is 38.7 Å². The van der Waals surface area contributed by atoms with Gasteiger partial charge in [-0.2, -0.15) is 0 Å². The second-order valence-corrected chi connectivity index (χ2v) is 7.71. The number of rotatable bonds is 6. The average Bonchev–Trinajstić information content (AvgIpc) is 2.69. The molecule has 1 atom stereocenters. The van der Waals surface area contributed by atoms with Crippen molar-refractivity contribution >= 4 is 5.91 Å². The molecule has 1 N–H and O–H groups in total. The van der Waals surface area contributed by atoms with E-state index in [0.717, 1.165) is 29.0 Å². The van der Waals surface area contributed by atoms with Crippen LogP contribution in [-0.2, 0) is 11.2 Å². The Kier molecular flexibility index (Phi) is 6.25. The summed E-state index contributed by atoms with van der Waals surface area (Å²) in [7, 11) is 1.61. The Balaban J connectivity index is 1.59. The van der Waals surface area contributed by atoms with Gasteiger partial charge in [-0.05, 0) is 67.6 Å². The van der Waals surface area contributed by atoms with E-state index in [0.29, 0.717) is 25.9 Å². The van der Waals surface area contributed by atoms with E-state index in [-0.39, 0.29) is 12.5 Å². The number of benzene rings is 2. The summed E-state index contributed by atoms with van der Waals surface area (Å²) in [6.45, 7) is 5.23. The molecule has 2 aromatic rings. The number of methoxy groups -OCH3 is 1. The summed E-state index contributed by atoms with van der Waals surface area (Å²) in [5.41, 5.74) is 2.24. The highest BCUT2D eigenvalue weighted by atomic mass is 16.5. The Labute approximate surface area is 166 Å². The van der Waals surface area contributed by atoms with Crippen molar-refractivity contribution in [1.82, 2.24) is 4.90 Å². The number of aryl methyl sites for hydroxylation is 2. The first-order chi connectivity index (χ1) is 13.4. The molecule has 0 bridgehead atoms. The first kappa shape index (κ1) is 20.2. The number of ether oxygens (including phenoxy) is 2. The molecule has 5 heteroatoms. The Morgan fingerprint density at radius 2 is 1.96 bits per heavy atom. The molecule has 150 valence electrons. The second kappa shape index (κ2) is 8.65. The molecular formula is C23H29NO4. The van der Waals surface area contributed by atoms with E-state index >= 15 is 0 Å². The number of likely N-dealkylation sites (tertiary alicyclic amines) is 1. The minimum atomic E-state index is -1.03. The molecule has 3 rings (SSSR count). The molecule has 0 aromatic heterocycles. The molecule has 0 spiro atoms. The second-order valence-electron chi connectivity index (χ2n) is 7.71.